The van der Waals surface area contributed by atoms with Gasteiger partial charge in [-0.1, -0.05) is 41.9 Å². The molecule has 0 saturated heterocycles. The summed E-state index contributed by atoms with van der Waals surface area (Å²) in [5.41, 5.74) is 2.59. The standard InChI is InChI=1S/C14H11BN2O/c1-16-14-17-13(8-18-14)11-6-2-5-10-9(11)4-3-7-12(10)15/h2-8H,1H3,(H,16,17). The number of nitrogens with zero attached hydrogens (tertiary/aromatic N) is 1. The third kappa shape index (κ3) is 1.66. The number of nitrogens with one attached hydrogen (secondary N) is 1. The molecule has 3 nitrogen and oxygen atoms in total. The highest BCUT2D eigenvalue weighted by molar-refractivity contribution is 6.39. The lowest BCUT2D eigenvalue weighted by molar-refractivity contribution is 0.576. The van der Waals surface area contributed by atoms with Crippen molar-refractivity contribution in [2.75, 3.05) is 12.4 Å². The molecule has 1 aromatic heterocycles. The van der Waals surface area contributed by atoms with Gasteiger partial charge in [0.1, 0.15) is 19.8 Å². The lowest BCUT2D eigenvalue weighted by atomic mass is 9.88. The van der Waals surface area contributed by atoms with E-state index < -0.39 is 0 Å². The van der Waals surface area contributed by atoms with Crippen molar-refractivity contribution in [2.45, 2.75) is 0 Å². The van der Waals surface area contributed by atoms with Gasteiger partial charge in [0.25, 0.3) is 6.01 Å². The van der Waals surface area contributed by atoms with Crippen molar-refractivity contribution in [2.24, 2.45) is 0 Å². The minimum absolute atomic E-state index is 0.505. The third-order valence-electron chi connectivity index (χ3n) is 2.95. The van der Waals surface area contributed by atoms with Gasteiger partial charge in [0.15, 0.2) is 0 Å². The van der Waals surface area contributed by atoms with E-state index in [1.165, 1.54) is 0 Å². The van der Waals surface area contributed by atoms with E-state index >= 15 is 0 Å². The highest BCUT2D eigenvalue weighted by Gasteiger charge is 2.09. The van der Waals surface area contributed by atoms with E-state index in [2.05, 4.69) is 10.3 Å². The molecule has 3 rings (SSSR count). The van der Waals surface area contributed by atoms with Crippen molar-refractivity contribution in [3.63, 3.8) is 0 Å². The first-order chi connectivity index (χ1) is 8.79. The van der Waals surface area contributed by atoms with E-state index in [-0.39, 0.29) is 0 Å². The van der Waals surface area contributed by atoms with E-state index in [1.807, 2.05) is 36.4 Å². The summed E-state index contributed by atoms with van der Waals surface area (Å²) in [6.45, 7) is 0. The van der Waals surface area contributed by atoms with Crippen LogP contribution in [0.1, 0.15) is 0 Å². The summed E-state index contributed by atoms with van der Waals surface area (Å²) in [6.07, 6.45) is 1.64. The number of hydrogen-bond donors (Lipinski definition) is 1. The molecule has 0 fully saturated rings. The molecule has 1 N–H and O–H groups in total. The second-order valence-electron chi connectivity index (χ2n) is 4.04. The summed E-state index contributed by atoms with van der Waals surface area (Å²) in [6, 6.07) is 12.4. The van der Waals surface area contributed by atoms with Crippen LogP contribution in [0, 0.1) is 0 Å². The second-order valence-corrected chi connectivity index (χ2v) is 4.04. The molecule has 0 bridgehead atoms. The highest BCUT2D eigenvalue weighted by Crippen LogP contribution is 2.27. The van der Waals surface area contributed by atoms with Gasteiger partial charge in [-0.05, 0) is 10.8 Å². The predicted octanol–water partition coefficient (Wildman–Crippen LogP) is 2.33. The fourth-order valence-electron chi connectivity index (χ4n) is 2.07. The van der Waals surface area contributed by atoms with Crippen LogP contribution in [0.25, 0.3) is 22.0 Å². The number of aromatic nitrogens is 1. The number of anilines is 1. The highest BCUT2D eigenvalue weighted by atomic mass is 16.4. The molecule has 0 atom stereocenters. The van der Waals surface area contributed by atoms with Crippen molar-refractivity contribution in [3.05, 3.63) is 42.7 Å². The van der Waals surface area contributed by atoms with Gasteiger partial charge in [-0.2, -0.15) is 4.98 Å². The topological polar surface area (TPSA) is 38.1 Å². The number of benzene rings is 2. The molecule has 0 saturated carbocycles. The summed E-state index contributed by atoms with van der Waals surface area (Å²) in [7, 11) is 7.75. The lowest BCUT2D eigenvalue weighted by Gasteiger charge is -2.06. The fourth-order valence-corrected chi connectivity index (χ4v) is 2.07. The Labute approximate surface area is 106 Å². The third-order valence-corrected chi connectivity index (χ3v) is 2.95. The van der Waals surface area contributed by atoms with Gasteiger partial charge in [0, 0.05) is 12.6 Å². The maximum Gasteiger partial charge on any atom is 0.294 e. The maximum absolute atomic E-state index is 5.98. The SMILES string of the molecule is [B]c1cccc2c(-c3coc(NC)n3)cccc12. The molecule has 1 heterocycles. The normalized spacial score (nSPS) is 10.7. The fraction of sp³-hybridized carbons (Fsp3) is 0.0714. The number of oxazole rings is 1. The maximum atomic E-state index is 5.98. The van der Waals surface area contributed by atoms with Crippen molar-refractivity contribution < 1.29 is 4.42 Å². The van der Waals surface area contributed by atoms with Gasteiger partial charge < -0.3 is 9.73 Å². The van der Waals surface area contributed by atoms with Crippen LogP contribution in [0.4, 0.5) is 6.01 Å². The Morgan fingerprint density at radius 3 is 2.67 bits per heavy atom. The Morgan fingerprint density at radius 1 is 1.11 bits per heavy atom. The predicted molar refractivity (Wildman–Crippen MR) is 74.4 cm³/mol. The number of rotatable bonds is 2. The molecule has 0 aliphatic carbocycles. The van der Waals surface area contributed by atoms with Crippen LogP contribution >= 0.6 is 0 Å². The minimum Gasteiger partial charge on any atom is -0.432 e. The largest absolute Gasteiger partial charge is 0.432 e. The molecular weight excluding hydrogens is 223 g/mol. The molecule has 0 amide bonds. The van der Waals surface area contributed by atoms with E-state index in [0.717, 1.165) is 27.5 Å². The van der Waals surface area contributed by atoms with Gasteiger partial charge in [-0.15, -0.1) is 0 Å². The molecule has 0 aliphatic heterocycles. The Morgan fingerprint density at radius 2 is 1.89 bits per heavy atom. The van der Waals surface area contributed by atoms with Crippen LogP contribution < -0.4 is 10.8 Å². The van der Waals surface area contributed by atoms with Crippen LogP contribution in [-0.2, 0) is 0 Å². The Bertz CT molecular complexity index is 706. The van der Waals surface area contributed by atoms with E-state index in [1.54, 1.807) is 13.3 Å². The van der Waals surface area contributed by atoms with Crippen molar-refractivity contribution in [3.8, 4) is 11.3 Å². The smallest absolute Gasteiger partial charge is 0.294 e. The summed E-state index contributed by atoms with van der Waals surface area (Å²) in [5, 5.41) is 4.98. The molecule has 4 heteroatoms. The summed E-state index contributed by atoms with van der Waals surface area (Å²) in [5.74, 6) is 0. The van der Waals surface area contributed by atoms with Gasteiger partial charge in [-0.3, -0.25) is 0 Å². The lowest BCUT2D eigenvalue weighted by Crippen LogP contribution is -2.02. The first kappa shape index (κ1) is 10.9. The van der Waals surface area contributed by atoms with Crippen molar-refractivity contribution in [1.82, 2.24) is 4.98 Å². The van der Waals surface area contributed by atoms with Gasteiger partial charge >= 0.3 is 0 Å². The van der Waals surface area contributed by atoms with Crippen LogP contribution in [-0.4, -0.2) is 19.9 Å². The van der Waals surface area contributed by atoms with Gasteiger partial charge in [0.05, 0.1) is 0 Å². The molecule has 2 radical (unpaired) electrons. The molecular formula is C14H11BN2O. The summed E-state index contributed by atoms with van der Waals surface area (Å²) < 4.78 is 5.29. The van der Waals surface area contributed by atoms with Gasteiger partial charge in [-0.25, -0.2) is 0 Å². The van der Waals surface area contributed by atoms with Crippen LogP contribution in [0.2, 0.25) is 0 Å². The Balaban J connectivity index is 2.26. The average molecular weight is 234 g/mol. The first-order valence-corrected chi connectivity index (χ1v) is 5.70. The molecule has 2 aromatic carbocycles. The van der Waals surface area contributed by atoms with Crippen molar-refractivity contribution in [1.29, 1.82) is 0 Å². The molecule has 0 aliphatic rings. The van der Waals surface area contributed by atoms with Crippen LogP contribution in [0.5, 0.6) is 0 Å². The molecule has 3 aromatic rings. The van der Waals surface area contributed by atoms with E-state index in [4.69, 9.17) is 12.3 Å². The Hall–Kier alpha value is -2.23. The van der Waals surface area contributed by atoms with E-state index in [9.17, 15) is 0 Å². The zero-order chi connectivity index (χ0) is 12.5. The molecule has 0 spiro atoms. The second kappa shape index (κ2) is 4.22. The van der Waals surface area contributed by atoms with E-state index in [0.29, 0.717) is 6.01 Å². The van der Waals surface area contributed by atoms with Crippen LogP contribution in [0.3, 0.4) is 0 Å². The van der Waals surface area contributed by atoms with Gasteiger partial charge in [0.2, 0.25) is 0 Å². The van der Waals surface area contributed by atoms with Crippen molar-refractivity contribution >= 4 is 30.1 Å². The molecule has 86 valence electrons. The Kier molecular flexibility index (Phi) is 2.56. The first-order valence-electron chi connectivity index (χ1n) is 5.70. The summed E-state index contributed by atoms with van der Waals surface area (Å²) in [4.78, 5) is 4.36. The summed E-state index contributed by atoms with van der Waals surface area (Å²) >= 11 is 0. The quantitative estimate of drug-likeness (QED) is 0.691. The zero-order valence-corrected chi connectivity index (χ0v) is 9.97. The van der Waals surface area contributed by atoms with Crippen LogP contribution in [0.15, 0.2) is 47.1 Å². The molecule has 0 unspecified atom stereocenters. The molecule has 18 heavy (non-hydrogen) atoms. The minimum atomic E-state index is 0.505. The number of fused-ring (bicyclic) bond motifs is 1. The zero-order valence-electron chi connectivity index (χ0n) is 9.97. The number of hydrogen-bond acceptors (Lipinski definition) is 3. The average Bonchev–Trinajstić information content (AvgIpc) is 2.87. The monoisotopic (exact) mass is 234 g/mol.